The molecule has 30 heavy (non-hydrogen) atoms. The van der Waals surface area contributed by atoms with E-state index in [0.717, 1.165) is 56.1 Å². The number of halogens is 1. The normalized spacial score (nSPS) is 19.0. The monoisotopic (exact) mass is 434 g/mol. The molecule has 1 amide bonds. The fourth-order valence-corrected chi connectivity index (χ4v) is 4.12. The van der Waals surface area contributed by atoms with Crippen molar-refractivity contribution in [1.82, 2.24) is 15.1 Å². The molecule has 4 rings (SSSR count). The van der Waals surface area contributed by atoms with Crippen molar-refractivity contribution in [3.05, 3.63) is 42.2 Å². The van der Waals surface area contributed by atoms with Crippen LogP contribution in [0.25, 0.3) is 0 Å². The van der Waals surface area contributed by atoms with Gasteiger partial charge in [-0.25, -0.2) is 0 Å². The van der Waals surface area contributed by atoms with Crippen molar-refractivity contribution in [3.63, 3.8) is 0 Å². The average Bonchev–Trinajstić information content (AvgIpc) is 3.31. The van der Waals surface area contributed by atoms with Gasteiger partial charge in [0.1, 0.15) is 11.3 Å². The van der Waals surface area contributed by atoms with E-state index >= 15 is 0 Å². The Balaban J connectivity index is 0.00000256. The van der Waals surface area contributed by atoms with Crippen molar-refractivity contribution in [2.75, 3.05) is 38.2 Å². The van der Waals surface area contributed by atoms with Gasteiger partial charge in [0.25, 0.3) is 5.91 Å². The highest BCUT2D eigenvalue weighted by molar-refractivity contribution is 5.97. The summed E-state index contributed by atoms with van der Waals surface area (Å²) in [5.74, 6) is 1.33. The van der Waals surface area contributed by atoms with Crippen LogP contribution in [0.3, 0.4) is 0 Å². The number of amides is 1. The number of nitrogens with one attached hydrogen (secondary N) is 2. The smallest absolute Gasteiger partial charge is 0.252 e. The summed E-state index contributed by atoms with van der Waals surface area (Å²) in [6.45, 7) is 5.93. The number of aromatic nitrogens is 2. The zero-order valence-electron chi connectivity index (χ0n) is 17.4. The van der Waals surface area contributed by atoms with E-state index in [1.807, 2.05) is 37.4 Å². The maximum atomic E-state index is 13.3. The zero-order chi connectivity index (χ0) is 20.1. The Kier molecular flexibility index (Phi) is 7.75. The number of anilines is 1. The van der Waals surface area contributed by atoms with Crippen LogP contribution in [-0.4, -0.2) is 48.6 Å². The van der Waals surface area contributed by atoms with Crippen LogP contribution in [0.2, 0.25) is 0 Å². The SMILES string of the molecule is Cc1ccc(NC(=O)C2(n3cccn3)CCNCC2)cc1OCC1CCOCC1.Cl. The van der Waals surface area contributed by atoms with Gasteiger partial charge in [0.2, 0.25) is 0 Å². The first kappa shape index (κ1) is 22.6. The van der Waals surface area contributed by atoms with Crippen molar-refractivity contribution in [2.24, 2.45) is 5.92 Å². The van der Waals surface area contributed by atoms with Crippen molar-refractivity contribution < 1.29 is 14.3 Å². The second kappa shape index (κ2) is 10.3. The molecule has 0 bridgehead atoms. The topological polar surface area (TPSA) is 77.4 Å². The number of rotatable bonds is 6. The van der Waals surface area contributed by atoms with Gasteiger partial charge < -0.3 is 20.1 Å². The molecule has 0 radical (unpaired) electrons. The van der Waals surface area contributed by atoms with Crippen molar-refractivity contribution in [3.8, 4) is 5.75 Å². The fraction of sp³-hybridized carbons (Fsp3) is 0.545. The summed E-state index contributed by atoms with van der Waals surface area (Å²) in [7, 11) is 0. The van der Waals surface area contributed by atoms with Gasteiger partial charge >= 0.3 is 0 Å². The van der Waals surface area contributed by atoms with Gasteiger partial charge in [-0.3, -0.25) is 9.48 Å². The number of nitrogens with zero attached hydrogens (tertiary/aromatic N) is 2. The highest BCUT2D eigenvalue weighted by Crippen LogP contribution is 2.30. The average molecular weight is 435 g/mol. The van der Waals surface area contributed by atoms with E-state index < -0.39 is 5.54 Å². The Labute approximate surface area is 183 Å². The fourth-order valence-electron chi connectivity index (χ4n) is 4.12. The van der Waals surface area contributed by atoms with Crippen molar-refractivity contribution >= 4 is 24.0 Å². The molecule has 164 valence electrons. The molecule has 2 saturated heterocycles. The third-order valence-electron chi connectivity index (χ3n) is 6.06. The molecule has 2 aromatic rings. The van der Waals surface area contributed by atoms with Gasteiger partial charge in [-0.15, -0.1) is 12.4 Å². The summed E-state index contributed by atoms with van der Waals surface area (Å²) in [5.41, 5.74) is 1.16. The minimum Gasteiger partial charge on any atom is -0.493 e. The minimum atomic E-state index is -0.664. The molecule has 2 aliphatic heterocycles. The third-order valence-corrected chi connectivity index (χ3v) is 6.06. The van der Waals surface area contributed by atoms with Gasteiger partial charge in [0, 0.05) is 37.4 Å². The Morgan fingerprint density at radius 1 is 1.33 bits per heavy atom. The number of benzene rings is 1. The molecule has 1 aromatic carbocycles. The summed E-state index contributed by atoms with van der Waals surface area (Å²) >= 11 is 0. The predicted molar refractivity (Wildman–Crippen MR) is 118 cm³/mol. The molecule has 1 aromatic heterocycles. The van der Waals surface area contributed by atoms with Crippen LogP contribution in [0.4, 0.5) is 5.69 Å². The molecule has 0 atom stereocenters. The number of carbonyl (C=O) groups is 1. The number of hydrogen-bond acceptors (Lipinski definition) is 5. The zero-order valence-corrected chi connectivity index (χ0v) is 18.2. The van der Waals surface area contributed by atoms with E-state index in [4.69, 9.17) is 9.47 Å². The van der Waals surface area contributed by atoms with Crippen LogP contribution in [0, 0.1) is 12.8 Å². The van der Waals surface area contributed by atoms with Crippen molar-refractivity contribution in [2.45, 2.75) is 38.1 Å². The number of carbonyl (C=O) groups excluding carboxylic acids is 1. The van der Waals surface area contributed by atoms with Gasteiger partial charge in [0.05, 0.1) is 6.61 Å². The van der Waals surface area contributed by atoms with Gasteiger partial charge in [-0.05, 0) is 69.3 Å². The molecule has 8 heteroatoms. The van der Waals surface area contributed by atoms with E-state index in [2.05, 4.69) is 15.7 Å². The number of aryl methyl sites for hydroxylation is 1. The molecular weight excluding hydrogens is 404 g/mol. The predicted octanol–water partition coefficient (Wildman–Crippen LogP) is 3.14. The molecule has 0 spiro atoms. The van der Waals surface area contributed by atoms with Gasteiger partial charge in [0.15, 0.2) is 0 Å². The van der Waals surface area contributed by atoms with E-state index in [1.165, 1.54) is 0 Å². The lowest BCUT2D eigenvalue weighted by molar-refractivity contribution is -0.126. The maximum Gasteiger partial charge on any atom is 0.252 e. The summed E-state index contributed by atoms with van der Waals surface area (Å²) in [6.07, 6.45) is 7.10. The maximum absolute atomic E-state index is 13.3. The Morgan fingerprint density at radius 3 is 2.80 bits per heavy atom. The van der Waals surface area contributed by atoms with Crippen LogP contribution in [0.5, 0.6) is 5.75 Å². The summed E-state index contributed by atoms with van der Waals surface area (Å²) in [5, 5.41) is 10.8. The Morgan fingerprint density at radius 2 is 2.10 bits per heavy atom. The molecule has 7 nitrogen and oxygen atoms in total. The van der Waals surface area contributed by atoms with E-state index in [9.17, 15) is 4.79 Å². The number of hydrogen-bond donors (Lipinski definition) is 2. The van der Waals surface area contributed by atoms with E-state index in [-0.39, 0.29) is 18.3 Å². The quantitative estimate of drug-likeness (QED) is 0.730. The number of ether oxygens (including phenoxy) is 2. The Hall–Kier alpha value is -2.09. The van der Waals surface area contributed by atoms with E-state index in [1.54, 1.807) is 10.9 Å². The molecule has 2 N–H and O–H groups in total. The lowest BCUT2D eigenvalue weighted by Gasteiger charge is -2.36. The lowest BCUT2D eigenvalue weighted by atomic mass is 9.87. The molecule has 0 unspecified atom stereocenters. The Bertz CT molecular complexity index is 816. The highest BCUT2D eigenvalue weighted by Gasteiger charge is 2.42. The first-order chi connectivity index (χ1) is 14.2. The summed E-state index contributed by atoms with van der Waals surface area (Å²) < 4.78 is 13.3. The van der Waals surface area contributed by atoms with Crippen LogP contribution in [-0.2, 0) is 15.1 Å². The molecule has 0 aliphatic carbocycles. The third kappa shape index (κ3) is 4.96. The van der Waals surface area contributed by atoms with Crippen LogP contribution in [0.15, 0.2) is 36.7 Å². The van der Waals surface area contributed by atoms with Gasteiger partial charge in [-0.2, -0.15) is 5.10 Å². The van der Waals surface area contributed by atoms with Crippen LogP contribution in [0.1, 0.15) is 31.2 Å². The molecule has 2 aliphatic rings. The summed E-state index contributed by atoms with van der Waals surface area (Å²) in [4.78, 5) is 13.3. The highest BCUT2D eigenvalue weighted by atomic mass is 35.5. The van der Waals surface area contributed by atoms with Crippen LogP contribution < -0.4 is 15.4 Å². The number of piperidine rings is 1. The lowest BCUT2D eigenvalue weighted by Crippen LogP contribution is -2.52. The molecule has 2 fully saturated rings. The standard InChI is InChI=1S/C22H30N4O3.ClH/c1-17-3-4-19(15-20(17)29-16-18-5-13-28-14-6-18)25-21(27)22(7-10-23-11-8-22)26-12-2-9-24-26;/h2-4,9,12,15,18,23H,5-8,10-11,13-14,16H2,1H3,(H,25,27);1H. The molecular formula is C22H31ClN4O3. The first-order valence-corrected chi connectivity index (χ1v) is 10.5. The molecule has 3 heterocycles. The second-order valence-corrected chi connectivity index (χ2v) is 8.03. The van der Waals surface area contributed by atoms with E-state index in [0.29, 0.717) is 25.4 Å². The van der Waals surface area contributed by atoms with Crippen LogP contribution >= 0.6 is 12.4 Å². The second-order valence-electron chi connectivity index (χ2n) is 8.03. The summed E-state index contributed by atoms with van der Waals surface area (Å²) in [6, 6.07) is 7.74. The largest absolute Gasteiger partial charge is 0.493 e. The van der Waals surface area contributed by atoms with Crippen molar-refractivity contribution in [1.29, 1.82) is 0 Å². The van der Waals surface area contributed by atoms with Gasteiger partial charge in [-0.1, -0.05) is 6.07 Å². The minimum absolute atomic E-state index is 0. The molecule has 0 saturated carbocycles. The first-order valence-electron chi connectivity index (χ1n) is 10.5.